The fourth-order valence-electron chi connectivity index (χ4n) is 3.29. The molecule has 0 bridgehead atoms. The number of amides is 2. The van der Waals surface area contributed by atoms with Gasteiger partial charge in [0.25, 0.3) is 0 Å². The van der Waals surface area contributed by atoms with Crippen molar-refractivity contribution in [2.75, 3.05) is 17.6 Å². The molecule has 3 rings (SSSR count). The van der Waals surface area contributed by atoms with Crippen molar-refractivity contribution in [3.8, 4) is 11.4 Å². The Bertz CT molecular complexity index is 1340. The highest BCUT2D eigenvalue weighted by Gasteiger charge is 2.45. The summed E-state index contributed by atoms with van der Waals surface area (Å²) in [5.74, 6) is 0.0267. The van der Waals surface area contributed by atoms with Crippen LogP contribution in [0.1, 0.15) is 32.0 Å². The van der Waals surface area contributed by atoms with Crippen molar-refractivity contribution in [1.82, 2.24) is 15.3 Å². The van der Waals surface area contributed by atoms with Crippen molar-refractivity contribution in [3.63, 3.8) is 0 Å². The Morgan fingerprint density at radius 2 is 1.66 bits per heavy atom. The van der Waals surface area contributed by atoms with Gasteiger partial charge in [0.15, 0.2) is 15.7 Å². The summed E-state index contributed by atoms with van der Waals surface area (Å²) in [6, 6.07) is 11.2. The van der Waals surface area contributed by atoms with Gasteiger partial charge in [-0.1, -0.05) is 12.1 Å². The molecule has 0 aliphatic carbocycles. The van der Waals surface area contributed by atoms with Gasteiger partial charge in [-0.05, 0) is 57.2 Å². The zero-order valence-corrected chi connectivity index (χ0v) is 20.0. The molecule has 186 valence electrons. The van der Waals surface area contributed by atoms with Crippen molar-refractivity contribution in [3.05, 3.63) is 65.9 Å². The van der Waals surface area contributed by atoms with Crippen LogP contribution in [0.25, 0.3) is 11.4 Å². The van der Waals surface area contributed by atoms with Crippen LogP contribution in [-0.4, -0.2) is 31.0 Å². The van der Waals surface area contributed by atoms with Crippen molar-refractivity contribution >= 4 is 27.4 Å². The number of rotatable bonds is 6. The zero-order chi connectivity index (χ0) is 26.0. The Labute approximate surface area is 200 Å². The van der Waals surface area contributed by atoms with Crippen LogP contribution in [0, 0.1) is 0 Å². The topological polar surface area (TPSA) is 127 Å². The summed E-state index contributed by atoms with van der Waals surface area (Å²) in [7, 11) is -4.57. The molecule has 8 nitrogen and oxygen atoms in total. The van der Waals surface area contributed by atoms with E-state index >= 15 is 0 Å². The molecule has 0 aliphatic rings. The maximum Gasteiger partial charge on any atom is 0.417 e. The third-order valence-electron chi connectivity index (χ3n) is 5.25. The van der Waals surface area contributed by atoms with E-state index in [2.05, 4.69) is 20.6 Å². The van der Waals surface area contributed by atoms with Gasteiger partial charge in [-0.2, -0.15) is 13.2 Å². The average molecular weight is 508 g/mol. The molecule has 0 aliphatic heterocycles. The lowest BCUT2D eigenvalue weighted by molar-refractivity contribution is -0.139. The fourth-order valence-corrected chi connectivity index (χ4v) is 4.95. The van der Waals surface area contributed by atoms with Crippen molar-refractivity contribution in [1.29, 1.82) is 0 Å². The molecule has 35 heavy (non-hydrogen) atoms. The molecular weight excluding hydrogens is 483 g/mol. The summed E-state index contributed by atoms with van der Waals surface area (Å²) in [5.41, 5.74) is 5.54. The van der Waals surface area contributed by atoms with E-state index in [9.17, 15) is 26.4 Å². The van der Waals surface area contributed by atoms with Crippen LogP contribution in [0.3, 0.4) is 0 Å². The summed E-state index contributed by atoms with van der Waals surface area (Å²) in [6.07, 6.45) is -4.86. The van der Waals surface area contributed by atoms with Crippen molar-refractivity contribution < 1.29 is 26.4 Å². The second kappa shape index (κ2) is 9.53. The highest BCUT2D eigenvalue weighted by atomic mass is 32.2. The van der Waals surface area contributed by atoms with E-state index in [4.69, 9.17) is 5.73 Å². The lowest BCUT2D eigenvalue weighted by Gasteiger charge is -2.26. The molecule has 1 heterocycles. The first-order valence-electron chi connectivity index (χ1n) is 10.5. The number of benzene rings is 2. The Kier molecular flexibility index (Phi) is 7.06. The number of nitrogens with one attached hydrogen (secondary N) is 2. The number of carbonyl (C=O) groups is 1. The summed E-state index contributed by atoms with van der Waals surface area (Å²) in [4.78, 5) is 19.3. The maximum absolute atomic E-state index is 13.5. The first kappa shape index (κ1) is 25.9. The first-order chi connectivity index (χ1) is 16.3. The minimum atomic E-state index is -4.86. The molecule has 0 radical (unpaired) electrons. The Hall–Kier alpha value is -3.67. The van der Waals surface area contributed by atoms with Gasteiger partial charge < -0.3 is 16.4 Å². The minimum absolute atomic E-state index is 0.0538. The van der Waals surface area contributed by atoms with Crippen molar-refractivity contribution in [2.45, 2.75) is 36.6 Å². The van der Waals surface area contributed by atoms with E-state index in [0.717, 1.165) is 18.2 Å². The third kappa shape index (κ3) is 5.37. The number of anilines is 2. The van der Waals surface area contributed by atoms with Gasteiger partial charge in [-0.3, -0.25) is 0 Å². The predicted molar refractivity (Wildman–Crippen MR) is 126 cm³/mol. The van der Waals surface area contributed by atoms with Gasteiger partial charge in [0.05, 0.1) is 16.2 Å². The van der Waals surface area contributed by atoms with Gasteiger partial charge in [-0.25, -0.2) is 23.2 Å². The van der Waals surface area contributed by atoms with Crippen LogP contribution in [-0.2, 0) is 20.8 Å². The largest absolute Gasteiger partial charge is 0.417 e. The molecule has 2 amide bonds. The van der Waals surface area contributed by atoms with Crippen LogP contribution in [0.15, 0.2) is 59.5 Å². The monoisotopic (exact) mass is 507 g/mol. The number of sulfone groups is 1. The third-order valence-corrected chi connectivity index (χ3v) is 7.74. The number of alkyl halides is 3. The Morgan fingerprint density at radius 1 is 1.03 bits per heavy atom. The number of nitrogens with zero attached hydrogens (tertiary/aromatic N) is 2. The Balaban J connectivity index is 2.03. The van der Waals surface area contributed by atoms with Gasteiger partial charge >= 0.3 is 12.2 Å². The smallest absolute Gasteiger partial charge is 0.384 e. The van der Waals surface area contributed by atoms with E-state index in [1.54, 1.807) is 31.2 Å². The second-order valence-electron chi connectivity index (χ2n) is 8.07. The molecule has 0 atom stereocenters. The molecule has 3 aromatic rings. The molecule has 12 heteroatoms. The molecule has 1 aromatic heterocycles. The number of aromatic nitrogens is 2. The van der Waals surface area contributed by atoms with Gasteiger partial charge in [0.1, 0.15) is 10.6 Å². The van der Waals surface area contributed by atoms with Gasteiger partial charge in [-0.15, -0.1) is 0 Å². The SMILES string of the molecule is CCNC(=O)Nc1ccc(-c2nc(N)cc(C(C)(C)S(=O)(=O)c3ccccc3C(F)(F)F)n2)cc1. The number of carbonyl (C=O) groups excluding carboxylic acids is 1. The molecule has 0 fully saturated rings. The molecule has 0 saturated heterocycles. The summed E-state index contributed by atoms with van der Waals surface area (Å²) in [5, 5.41) is 5.23. The van der Waals surface area contributed by atoms with E-state index < -0.39 is 31.2 Å². The highest BCUT2D eigenvalue weighted by Crippen LogP contribution is 2.41. The van der Waals surface area contributed by atoms with Crippen LogP contribution < -0.4 is 16.4 Å². The fraction of sp³-hybridized carbons (Fsp3) is 0.261. The van der Waals surface area contributed by atoms with E-state index in [1.807, 2.05) is 0 Å². The number of nitrogens with two attached hydrogens (primary N) is 1. The highest BCUT2D eigenvalue weighted by molar-refractivity contribution is 7.92. The lowest BCUT2D eigenvalue weighted by Crippen LogP contribution is -2.32. The number of nitrogen functional groups attached to an aromatic ring is 1. The normalized spacial score (nSPS) is 12.3. The number of halogens is 3. The number of hydrogen-bond donors (Lipinski definition) is 3. The van der Waals surface area contributed by atoms with E-state index in [0.29, 0.717) is 17.8 Å². The summed E-state index contributed by atoms with van der Waals surface area (Å²) < 4.78 is 65.6. The van der Waals surface area contributed by atoms with Gasteiger partial charge in [0.2, 0.25) is 0 Å². The molecule has 0 saturated carbocycles. The molecule has 0 spiro atoms. The van der Waals surface area contributed by atoms with E-state index in [-0.39, 0.29) is 23.4 Å². The van der Waals surface area contributed by atoms with Crippen molar-refractivity contribution in [2.24, 2.45) is 0 Å². The summed E-state index contributed by atoms with van der Waals surface area (Å²) >= 11 is 0. The average Bonchev–Trinajstić information content (AvgIpc) is 2.78. The van der Waals surface area contributed by atoms with Crippen LogP contribution >= 0.6 is 0 Å². The lowest BCUT2D eigenvalue weighted by atomic mass is 10.1. The summed E-state index contributed by atoms with van der Waals surface area (Å²) in [6.45, 7) is 4.76. The maximum atomic E-state index is 13.5. The predicted octanol–water partition coefficient (Wildman–Crippen LogP) is 4.60. The molecule has 4 N–H and O–H groups in total. The van der Waals surface area contributed by atoms with E-state index in [1.165, 1.54) is 26.0 Å². The number of hydrogen-bond acceptors (Lipinski definition) is 6. The van der Waals surface area contributed by atoms with Gasteiger partial charge in [0, 0.05) is 23.9 Å². The quantitative estimate of drug-likeness (QED) is 0.448. The molecule has 2 aromatic carbocycles. The zero-order valence-electron chi connectivity index (χ0n) is 19.1. The van der Waals surface area contributed by atoms with Crippen LogP contribution in [0.4, 0.5) is 29.5 Å². The number of urea groups is 1. The standard InChI is InChI=1S/C23H24F3N5O3S/c1-4-28-21(32)29-15-11-9-14(10-12-15)20-30-18(13-19(27)31-20)22(2,3)35(33,34)17-8-6-5-7-16(17)23(24,25)26/h5-13H,4H2,1-3H3,(H2,27,30,31)(H2,28,29,32). The van der Waals surface area contributed by atoms with Crippen LogP contribution in [0.5, 0.6) is 0 Å². The second-order valence-corrected chi connectivity index (χ2v) is 10.5. The van der Waals surface area contributed by atoms with Crippen LogP contribution in [0.2, 0.25) is 0 Å². The minimum Gasteiger partial charge on any atom is -0.384 e. The Morgan fingerprint density at radius 3 is 2.26 bits per heavy atom. The molecule has 0 unspecified atom stereocenters. The molecular formula is C23H24F3N5O3S. The first-order valence-corrected chi connectivity index (χ1v) is 12.0.